The van der Waals surface area contributed by atoms with E-state index in [1.54, 1.807) is 7.11 Å². The third-order valence-corrected chi connectivity index (χ3v) is 4.63. The van der Waals surface area contributed by atoms with Gasteiger partial charge in [0, 0.05) is 10.6 Å². The van der Waals surface area contributed by atoms with Gasteiger partial charge in [0.1, 0.15) is 12.4 Å². The Morgan fingerprint density at radius 1 is 0.963 bits per heavy atom. The number of aryl methyl sites for hydroxylation is 1. The van der Waals surface area contributed by atoms with Crippen LogP contribution in [-0.2, 0) is 6.61 Å². The van der Waals surface area contributed by atoms with Gasteiger partial charge in [0.15, 0.2) is 11.5 Å². The molecule has 0 aliphatic heterocycles. The molecule has 0 atom stereocenters. The van der Waals surface area contributed by atoms with E-state index in [9.17, 15) is 0 Å². The topological polar surface area (TPSA) is 47.1 Å². The summed E-state index contributed by atoms with van der Waals surface area (Å²) in [5.74, 6) is 2.15. The molecule has 0 aliphatic carbocycles. The summed E-state index contributed by atoms with van der Waals surface area (Å²) in [6.07, 6.45) is 0. The van der Waals surface area contributed by atoms with E-state index >= 15 is 0 Å². The summed E-state index contributed by atoms with van der Waals surface area (Å²) in [4.78, 5) is 8.03. The van der Waals surface area contributed by atoms with Crippen molar-refractivity contribution in [2.75, 3.05) is 7.11 Å². The zero-order chi connectivity index (χ0) is 18.8. The second-order valence-electron chi connectivity index (χ2n) is 6.39. The predicted octanol–water partition coefficient (Wildman–Crippen LogP) is 5.78. The van der Waals surface area contributed by atoms with Gasteiger partial charge in [0.25, 0.3) is 0 Å². The number of aromatic nitrogens is 2. The summed E-state index contributed by atoms with van der Waals surface area (Å²) < 4.78 is 11.4. The van der Waals surface area contributed by atoms with Crippen molar-refractivity contribution in [2.45, 2.75) is 13.5 Å². The number of H-pyrrole nitrogens is 1. The Balaban J connectivity index is 1.59. The van der Waals surface area contributed by atoms with Crippen molar-refractivity contribution in [3.05, 3.63) is 76.8 Å². The number of imidazole rings is 1. The maximum absolute atomic E-state index is 5.92. The highest BCUT2D eigenvalue weighted by molar-refractivity contribution is 6.30. The fourth-order valence-electron chi connectivity index (χ4n) is 2.94. The van der Waals surface area contributed by atoms with Crippen LogP contribution in [0.2, 0.25) is 5.02 Å². The van der Waals surface area contributed by atoms with E-state index in [0.29, 0.717) is 23.1 Å². The van der Waals surface area contributed by atoms with Crippen LogP contribution in [0.5, 0.6) is 11.5 Å². The molecular formula is C22H19ClN2O2. The number of methoxy groups -OCH3 is 1. The summed E-state index contributed by atoms with van der Waals surface area (Å²) in [5, 5.41) is 0.710. The summed E-state index contributed by atoms with van der Waals surface area (Å²) in [7, 11) is 1.64. The highest BCUT2D eigenvalue weighted by atomic mass is 35.5. The van der Waals surface area contributed by atoms with Crippen LogP contribution >= 0.6 is 11.6 Å². The van der Waals surface area contributed by atoms with Crippen molar-refractivity contribution in [3.8, 4) is 22.9 Å². The van der Waals surface area contributed by atoms with Crippen LogP contribution in [0.4, 0.5) is 0 Å². The Morgan fingerprint density at radius 2 is 1.78 bits per heavy atom. The van der Waals surface area contributed by atoms with Gasteiger partial charge in [-0.15, -0.1) is 0 Å². The molecule has 5 heteroatoms. The molecule has 1 aromatic heterocycles. The molecule has 136 valence electrons. The highest BCUT2D eigenvalue weighted by Crippen LogP contribution is 2.33. The van der Waals surface area contributed by atoms with Crippen LogP contribution in [0.25, 0.3) is 22.4 Å². The largest absolute Gasteiger partial charge is 0.493 e. The molecule has 0 saturated carbocycles. The van der Waals surface area contributed by atoms with Crippen molar-refractivity contribution in [1.29, 1.82) is 0 Å². The molecule has 0 saturated heterocycles. The van der Waals surface area contributed by atoms with E-state index in [2.05, 4.69) is 29.0 Å². The number of fused-ring (bicyclic) bond motifs is 1. The number of nitrogens with zero attached hydrogens (tertiary/aromatic N) is 1. The van der Waals surface area contributed by atoms with Crippen LogP contribution in [0.3, 0.4) is 0 Å². The minimum atomic E-state index is 0.441. The molecule has 0 aliphatic rings. The molecule has 3 aromatic carbocycles. The van der Waals surface area contributed by atoms with Gasteiger partial charge < -0.3 is 14.5 Å². The Kier molecular flexibility index (Phi) is 4.73. The fraction of sp³-hybridized carbons (Fsp3) is 0.136. The molecule has 1 N–H and O–H groups in total. The lowest BCUT2D eigenvalue weighted by atomic mass is 10.2. The van der Waals surface area contributed by atoms with Crippen LogP contribution in [-0.4, -0.2) is 17.1 Å². The van der Waals surface area contributed by atoms with Crippen molar-refractivity contribution >= 4 is 22.6 Å². The van der Waals surface area contributed by atoms with Crippen molar-refractivity contribution < 1.29 is 9.47 Å². The molecule has 1 heterocycles. The second-order valence-corrected chi connectivity index (χ2v) is 6.82. The molecule has 0 fully saturated rings. The summed E-state index contributed by atoms with van der Waals surface area (Å²) in [5.41, 5.74) is 5.14. The number of benzene rings is 3. The van der Waals surface area contributed by atoms with Crippen LogP contribution in [0.1, 0.15) is 11.1 Å². The number of ether oxygens (including phenoxy) is 2. The van der Waals surface area contributed by atoms with Crippen LogP contribution in [0, 0.1) is 6.92 Å². The van der Waals surface area contributed by atoms with Gasteiger partial charge in [-0.3, -0.25) is 0 Å². The monoisotopic (exact) mass is 378 g/mol. The summed E-state index contributed by atoms with van der Waals surface area (Å²) >= 11 is 5.92. The van der Waals surface area contributed by atoms with Gasteiger partial charge in [0.05, 0.1) is 18.1 Å². The van der Waals surface area contributed by atoms with E-state index in [1.165, 1.54) is 5.56 Å². The minimum absolute atomic E-state index is 0.441. The third kappa shape index (κ3) is 3.76. The van der Waals surface area contributed by atoms with Crippen molar-refractivity contribution in [2.24, 2.45) is 0 Å². The first kappa shape index (κ1) is 17.4. The lowest BCUT2D eigenvalue weighted by molar-refractivity contribution is 0.284. The van der Waals surface area contributed by atoms with E-state index in [-0.39, 0.29) is 0 Å². The number of hydrogen-bond acceptors (Lipinski definition) is 3. The molecule has 0 unspecified atom stereocenters. The summed E-state index contributed by atoms with van der Waals surface area (Å²) in [6.45, 7) is 2.51. The van der Waals surface area contributed by atoms with Gasteiger partial charge >= 0.3 is 0 Å². The first-order chi connectivity index (χ1) is 13.1. The normalized spacial score (nSPS) is 10.9. The molecule has 4 rings (SSSR count). The average molecular weight is 379 g/mol. The van der Waals surface area contributed by atoms with Crippen molar-refractivity contribution in [3.63, 3.8) is 0 Å². The van der Waals surface area contributed by atoms with Gasteiger partial charge in [-0.25, -0.2) is 4.98 Å². The first-order valence-corrected chi connectivity index (χ1v) is 9.02. The zero-order valence-electron chi connectivity index (χ0n) is 15.1. The predicted molar refractivity (Wildman–Crippen MR) is 109 cm³/mol. The van der Waals surface area contributed by atoms with Gasteiger partial charge in [0.2, 0.25) is 0 Å². The molecule has 0 amide bonds. The molecule has 0 spiro atoms. The minimum Gasteiger partial charge on any atom is -0.493 e. The van der Waals surface area contributed by atoms with Gasteiger partial charge in [-0.2, -0.15) is 0 Å². The standard InChI is InChI=1S/C22H19ClN2O2/c1-14-3-9-18-19(11-14)25-22(24-18)16-6-10-20(21(12-16)26-2)27-13-15-4-7-17(23)8-5-15/h3-12H,13H2,1-2H3,(H,24,25). The van der Waals surface area contributed by atoms with E-state index in [0.717, 1.165) is 28.0 Å². The first-order valence-electron chi connectivity index (χ1n) is 8.64. The lowest BCUT2D eigenvalue weighted by Crippen LogP contribution is -1.98. The maximum atomic E-state index is 5.92. The lowest BCUT2D eigenvalue weighted by Gasteiger charge is -2.12. The van der Waals surface area contributed by atoms with Crippen molar-refractivity contribution in [1.82, 2.24) is 9.97 Å². The SMILES string of the molecule is COc1cc(-c2nc3ccc(C)cc3[nH]2)ccc1OCc1ccc(Cl)cc1. The Morgan fingerprint density at radius 3 is 2.56 bits per heavy atom. The van der Waals surface area contributed by atoms with E-state index in [1.807, 2.05) is 48.5 Å². The maximum Gasteiger partial charge on any atom is 0.161 e. The molecule has 27 heavy (non-hydrogen) atoms. The number of hydrogen-bond donors (Lipinski definition) is 1. The molecular weight excluding hydrogens is 360 g/mol. The molecule has 4 aromatic rings. The van der Waals surface area contributed by atoms with Gasteiger partial charge in [-0.1, -0.05) is 29.8 Å². The molecule has 0 bridgehead atoms. The Hall–Kier alpha value is -2.98. The molecule has 0 radical (unpaired) electrons. The van der Waals surface area contributed by atoms with Crippen LogP contribution in [0.15, 0.2) is 60.7 Å². The number of nitrogens with one attached hydrogen (secondary N) is 1. The van der Waals surface area contributed by atoms with Crippen LogP contribution < -0.4 is 9.47 Å². The fourth-order valence-corrected chi connectivity index (χ4v) is 3.06. The van der Waals surface area contributed by atoms with E-state index in [4.69, 9.17) is 21.1 Å². The quantitative estimate of drug-likeness (QED) is 0.479. The molecule has 4 nitrogen and oxygen atoms in total. The highest BCUT2D eigenvalue weighted by Gasteiger charge is 2.11. The number of aromatic amines is 1. The van der Waals surface area contributed by atoms with Gasteiger partial charge in [-0.05, 0) is 60.5 Å². The van der Waals surface area contributed by atoms with E-state index < -0.39 is 0 Å². The third-order valence-electron chi connectivity index (χ3n) is 4.38. The number of rotatable bonds is 5. The average Bonchev–Trinajstić information content (AvgIpc) is 3.10. The smallest absolute Gasteiger partial charge is 0.161 e. The Bertz CT molecular complexity index is 1090. The zero-order valence-corrected chi connectivity index (χ0v) is 15.9. The summed E-state index contributed by atoms with van der Waals surface area (Å²) in [6, 6.07) is 19.6. The second kappa shape index (κ2) is 7.33. The Labute approximate surface area is 162 Å². The number of halogens is 1.